The molecular formula is C14H19FN2O2. The number of nitrogens with zero attached hydrogens (tertiary/aromatic N) is 1. The van der Waals surface area contributed by atoms with Gasteiger partial charge in [-0.1, -0.05) is 12.1 Å². The van der Waals surface area contributed by atoms with Crippen LogP contribution in [0.2, 0.25) is 0 Å². The molecule has 0 heterocycles. The van der Waals surface area contributed by atoms with Gasteiger partial charge in [-0.15, -0.1) is 0 Å². The van der Waals surface area contributed by atoms with Gasteiger partial charge in [-0.05, 0) is 37.0 Å². The third-order valence-corrected chi connectivity index (χ3v) is 3.40. The number of aliphatic hydroxyl groups excluding tert-OH is 1. The average molecular weight is 266 g/mol. The van der Waals surface area contributed by atoms with E-state index in [4.69, 9.17) is 0 Å². The van der Waals surface area contributed by atoms with Gasteiger partial charge < -0.3 is 15.3 Å². The lowest BCUT2D eigenvalue weighted by atomic mass is 10.1. The third-order valence-electron chi connectivity index (χ3n) is 3.40. The maximum absolute atomic E-state index is 13.6. The Balaban J connectivity index is 2.03. The Kier molecular flexibility index (Phi) is 4.04. The summed E-state index contributed by atoms with van der Waals surface area (Å²) in [7, 11) is 1.63. The second-order valence-electron chi connectivity index (χ2n) is 5.08. The summed E-state index contributed by atoms with van der Waals surface area (Å²) in [6.07, 6.45) is 0.793. The van der Waals surface area contributed by atoms with Crippen molar-refractivity contribution in [3.05, 3.63) is 35.1 Å². The van der Waals surface area contributed by atoms with E-state index in [9.17, 15) is 14.3 Å². The smallest absolute Gasteiger partial charge is 0.317 e. The minimum atomic E-state index is -0.566. The third kappa shape index (κ3) is 3.04. The predicted molar refractivity (Wildman–Crippen MR) is 70.3 cm³/mol. The summed E-state index contributed by atoms with van der Waals surface area (Å²) in [6.45, 7) is 1.90. The molecule has 0 saturated heterocycles. The summed E-state index contributed by atoms with van der Waals surface area (Å²) in [4.78, 5) is 13.4. The van der Waals surface area contributed by atoms with E-state index in [1.165, 1.54) is 11.0 Å². The molecule has 0 fully saturated rings. The van der Waals surface area contributed by atoms with E-state index in [1.807, 2.05) is 6.07 Å². The van der Waals surface area contributed by atoms with Crippen molar-refractivity contribution < 1.29 is 14.3 Å². The van der Waals surface area contributed by atoms with Crippen LogP contribution in [-0.4, -0.2) is 35.7 Å². The number of carbonyl (C=O) groups excluding carboxylic acids is 1. The lowest BCUT2D eigenvalue weighted by Gasteiger charge is -2.22. The highest BCUT2D eigenvalue weighted by Gasteiger charge is 2.27. The Hall–Kier alpha value is -1.62. The van der Waals surface area contributed by atoms with Crippen molar-refractivity contribution in [2.45, 2.75) is 31.9 Å². The van der Waals surface area contributed by atoms with Crippen LogP contribution in [0.15, 0.2) is 18.2 Å². The van der Waals surface area contributed by atoms with E-state index in [1.54, 1.807) is 20.0 Å². The molecule has 0 radical (unpaired) electrons. The van der Waals surface area contributed by atoms with E-state index in [0.717, 1.165) is 5.56 Å². The second kappa shape index (κ2) is 5.57. The topological polar surface area (TPSA) is 52.6 Å². The molecular weight excluding hydrogens is 247 g/mol. The zero-order valence-corrected chi connectivity index (χ0v) is 11.2. The van der Waals surface area contributed by atoms with Gasteiger partial charge >= 0.3 is 6.03 Å². The fourth-order valence-corrected chi connectivity index (χ4v) is 2.50. The van der Waals surface area contributed by atoms with E-state index < -0.39 is 6.10 Å². The largest absolute Gasteiger partial charge is 0.392 e. The Bertz CT molecular complexity index is 477. The molecule has 0 saturated carbocycles. The van der Waals surface area contributed by atoms with Gasteiger partial charge in [0.25, 0.3) is 0 Å². The number of likely N-dealkylation sites (N-methyl/N-ethyl adjacent to an activating group) is 1. The van der Waals surface area contributed by atoms with Crippen molar-refractivity contribution in [2.75, 3.05) is 13.6 Å². The summed E-state index contributed by atoms with van der Waals surface area (Å²) in [5.74, 6) is -0.202. The van der Waals surface area contributed by atoms with Crippen molar-refractivity contribution in [1.82, 2.24) is 10.2 Å². The van der Waals surface area contributed by atoms with Crippen LogP contribution in [0.1, 0.15) is 30.5 Å². The molecule has 0 aliphatic heterocycles. The number of hydrogen-bond donors (Lipinski definition) is 2. The number of halogens is 1. The lowest BCUT2D eigenvalue weighted by Crippen LogP contribution is -2.41. The number of rotatable bonds is 3. The lowest BCUT2D eigenvalue weighted by molar-refractivity contribution is 0.142. The van der Waals surface area contributed by atoms with Gasteiger partial charge in [-0.25, -0.2) is 9.18 Å². The molecule has 0 aromatic heterocycles. The number of urea groups is 1. The summed E-state index contributed by atoms with van der Waals surface area (Å²) in [6, 6.07) is 4.57. The number of aliphatic hydroxyl groups is 1. The van der Waals surface area contributed by atoms with Crippen LogP contribution in [0.3, 0.4) is 0 Å². The molecule has 1 aliphatic rings. The van der Waals surface area contributed by atoms with Gasteiger partial charge in [0.2, 0.25) is 0 Å². The number of fused-ring (bicyclic) bond motifs is 1. The Morgan fingerprint density at radius 2 is 2.37 bits per heavy atom. The van der Waals surface area contributed by atoms with E-state index in [2.05, 4.69) is 5.32 Å². The molecule has 4 nitrogen and oxygen atoms in total. The van der Waals surface area contributed by atoms with Crippen LogP contribution in [0.4, 0.5) is 9.18 Å². The Labute approximate surface area is 112 Å². The molecule has 1 aliphatic carbocycles. The SMILES string of the molecule is CC(O)CN(C)C(=O)NC1CCc2c(F)cccc21. The van der Waals surface area contributed by atoms with E-state index in [0.29, 0.717) is 18.4 Å². The van der Waals surface area contributed by atoms with Crippen LogP contribution in [0.25, 0.3) is 0 Å². The number of nitrogens with one attached hydrogen (secondary N) is 1. The van der Waals surface area contributed by atoms with E-state index >= 15 is 0 Å². The minimum absolute atomic E-state index is 0.144. The highest BCUT2D eigenvalue weighted by atomic mass is 19.1. The molecule has 2 N–H and O–H groups in total. The zero-order valence-electron chi connectivity index (χ0n) is 11.2. The van der Waals surface area contributed by atoms with Gasteiger partial charge in [0.15, 0.2) is 0 Å². The summed E-state index contributed by atoms with van der Waals surface area (Å²) < 4.78 is 13.6. The van der Waals surface area contributed by atoms with Crippen molar-refractivity contribution in [3.8, 4) is 0 Å². The van der Waals surface area contributed by atoms with Gasteiger partial charge in [-0.2, -0.15) is 0 Å². The van der Waals surface area contributed by atoms with Gasteiger partial charge in [-0.3, -0.25) is 0 Å². The molecule has 104 valence electrons. The van der Waals surface area contributed by atoms with Gasteiger partial charge in [0, 0.05) is 13.6 Å². The normalized spacial score (nSPS) is 18.8. The maximum Gasteiger partial charge on any atom is 0.317 e. The quantitative estimate of drug-likeness (QED) is 0.877. The molecule has 2 atom stereocenters. The van der Waals surface area contributed by atoms with Crippen molar-refractivity contribution >= 4 is 6.03 Å². The van der Waals surface area contributed by atoms with Crippen LogP contribution < -0.4 is 5.32 Å². The van der Waals surface area contributed by atoms with Crippen molar-refractivity contribution in [2.24, 2.45) is 0 Å². The van der Waals surface area contributed by atoms with Crippen LogP contribution >= 0.6 is 0 Å². The van der Waals surface area contributed by atoms with Crippen LogP contribution in [0, 0.1) is 5.82 Å². The number of benzene rings is 1. The standard InChI is InChI=1S/C14H19FN2O2/c1-9(18)8-17(2)14(19)16-13-7-6-10-11(13)4-3-5-12(10)15/h3-5,9,13,18H,6-8H2,1-2H3,(H,16,19). The summed E-state index contributed by atoms with van der Waals surface area (Å²) >= 11 is 0. The summed E-state index contributed by atoms with van der Waals surface area (Å²) in [5, 5.41) is 12.1. The molecule has 1 aromatic carbocycles. The van der Waals surface area contributed by atoms with Crippen LogP contribution in [-0.2, 0) is 6.42 Å². The molecule has 0 bridgehead atoms. The monoisotopic (exact) mass is 266 g/mol. The molecule has 5 heteroatoms. The second-order valence-corrected chi connectivity index (χ2v) is 5.08. The molecule has 2 amide bonds. The summed E-state index contributed by atoms with van der Waals surface area (Å²) in [5.41, 5.74) is 1.56. The Morgan fingerprint density at radius 3 is 3.05 bits per heavy atom. The first-order valence-corrected chi connectivity index (χ1v) is 6.46. The molecule has 2 unspecified atom stereocenters. The van der Waals surface area contributed by atoms with Crippen molar-refractivity contribution in [3.63, 3.8) is 0 Å². The first kappa shape index (κ1) is 13.8. The van der Waals surface area contributed by atoms with Gasteiger partial charge in [0.05, 0.1) is 12.1 Å². The molecule has 1 aromatic rings. The number of carbonyl (C=O) groups is 1. The fourth-order valence-electron chi connectivity index (χ4n) is 2.50. The molecule has 0 spiro atoms. The number of amides is 2. The first-order valence-electron chi connectivity index (χ1n) is 6.46. The highest BCUT2D eigenvalue weighted by Crippen LogP contribution is 2.32. The average Bonchev–Trinajstić information content (AvgIpc) is 2.73. The Morgan fingerprint density at radius 1 is 1.63 bits per heavy atom. The predicted octanol–water partition coefficient (Wildman–Crippen LogP) is 1.84. The first-order chi connectivity index (χ1) is 8.99. The van der Waals surface area contributed by atoms with Crippen LogP contribution in [0.5, 0.6) is 0 Å². The maximum atomic E-state index is 13.6. The van der Waals surface area contributed by atoms with Crippen molar-refractivity contribution in [1.29, 1.82) is 0 Å². The molecule has 19 heavy (non-hydrogen) atoms. The molecule has 2 rings (SSSR count). The minimum Gasteiger partial charge on any atom is -0.392 e. The fraction of sp³-hybridized carbons (Fsp3) is 0.500. The van der Waals surface area contributed by atoms with Gasteiger partial charge in [0.1, 0.15) is 5.82 Å². The zero-order chi connectivity index (χ0) is 14.0. The number of hydrogen-bond acceptors (Lipinski definition) is 2. The van der Waals surface area contributed by atoms with E-state index in [-0.39, 0.29) is 24.4 Å². The highest BCUT2D eigenvalue weighted by molar-refractivity contribution is 5.74.